The van der Waals surface area contributed by atoms with E-state index < -0.39 is 0 Å². The predicted octanol–water partition coefficient (Wildman–Crippen LogP) is 13.6. The highest BCUT2D eigenvalue weighted by Gasteiger charge is 2.13. The largest absolute Gasteiger partial charge is 0.0616 e. The highest BCUT2D eigenvalue weighted by atomic mass is 14.2. The Labute approximate surface area is 279 Å². The van der Waals surface area contributed by atoms with Gasteiger partial charge in [0.1, 0.15) is 0 Å². The summed E-state index contributed by atoms with van der Waals surface area (Å²) in [6, 6.07) is 67.0. The van der Waals surface area contributed by atoms with Crippen LogP contribution in [0.5, 0.6) is 0 Å². The molecule has 0 saturated heterocycles. The van der Waals surface area contributed by atoms with E-state index in [0.29, 0.717) is 0 Å². The molecule has 0 aliphatic carbocycles. The summed E-state index contributed by atoms with van der Waals surface area (Å²) in [6.07, 6.45) is 0. The highest BCUT2D eigenvalue weighted by molar-refractivity contribution is 6.25. The second kappa shape index (κ2) is 10.7. The van der Waals surface area contributed by atoms with E-state index in [9.17, 15) is 0 Å². The maximum Gasteiger partial charge on any atom is -0.00206 e. The fourth-order valence-electron chi connectivity index (χ4n) is 7.82. The minimum absolute atomic E-state index is 1.22. The SMILES string of the molecule is c1ccc2c(c1)cc(-c1ccc(-c3ccc(-c4ccc(-c5ccc6ccc7cccc8ccc5c6c78)cc4)cc3)cc1)c1ccccc12. The fraction of sp³-hybridized carbons (Fsp3) is 0. The number of benzene rings is 10. The van der Waals surface area contributed by atoms with E-state index in [2.05, 4.69) is 182 Å². The van der Waals surface area contributed by atoms with Crippen molar-refractivity contribution in [3.8, 4) is 44.5 Å². The Balaban J connectivity index is 0.945. The molecule has 0 heterocycles. The van der Waals surface area contributed by atoms with Gasteiger partial charge in [0.25, 0.3) is 0 Å². The molecule has 0 aliphatic heterocycles. The maximum atomic E-state index is 2.33. The second-order valence-corrected chi connectivity index (χ2v) is 12.9. The van der Waals surface area contributed by atoms with Gasteiger partial charge in [-0.3, -0.25) is 0 Å². The molecule has 222 valence electrons. The summed E-state index contributed by atoms with van der Waals surface area (Å²) in [5.74, 6) is 0. The van der Waals surface area contributed by atoms with Gasteiger partial charge in [-0.25, -0.2) is 0 Å². The number of fused-ring (bicyclic) bond motifs is 3. The van der Waals surface area contributed by atoms with Crippen LogP contribution in [0.25, 0.3) is 98.4 Å². The molecular weight excluding hydrogens is 577 g/mol. The van der Waals surface area contributed by atoms with Crippen molar-refractivity contribution in [3.63, 3.8) is 0 Å². The molecule has 10 aromatic carbocycles. The lowest BCUT2D eigenvalue weighted by Crippen LogP contribution is -1.87. The van der Waals surface area contributed by atoms with Crippen LogP contribution < -0.4 is 0 Å². The molecule has 0 spiro atoms. The van der Waals surface area contributed by atoms with Crippen LogP contribution in [0.3, 0.4) is 0 Å². The smallest absolute Gasteiger partial charge is 0.00206 e. The molecule has 0 nitrogen and oxygen atoms in total. The van der Waals surface area contributed by atoms with E-state index in [1.54, 1.807) is 0 Å². The molecule has 0 heteroatoms. The third kappa shape index (κ3) is 4.24. The monoisotopic (exact) mass is 606 g/mol. The lowest BCUT2D eigenvalue weighted by atomic mass is 9.89. The van der Waals surface area contributed by atoms with E-state index in [1.807, 2.05) is 0 Å². The van der Waals surface area contributed by atoms with Gasteiger partial charge in [-0.15, -0.1) is 0 Å². The van der Waals surface area contributed by atoms with E-state index >= 15 is 0 Å². The maximum absolute atomic E-state index is 2.33. The number of hydrogen-bond acceptors (Lipinski definition) is 0. The number of rotatable bonds is 4. The van der Waals surface area contributed by atoms with Crippen molar-refractivity contribution in [3.05, 3.63) is 182 Å². The normalized spacial score (nSPS) is 11.8. The quantitative estimate of drug-likeness (QED) is 0.175. The Morgan fingerprint density at radius 1 is 0.208 bits per heavy atom. The van der Waals surface area contributed by atoms with Crippen LogP contribution in [0, 0.1) is 0 Å². The molecule has 0 atom stereocenters. The second-order valence-electron chi connectivity index (χ2n) is 12.9. The molecule has 0 aromatic heterocycles. The van der Waals surface area contributed by atoms with Crippen molar-refractivity contribution in [2.45, 2.75) is 0 Å². The Bertz CT molecular complexity index is 2770. The summed E-state index contributed by atoms with van der Waals surface area (Å²) in [7, 11) is 0. The zero-order valence-corrected chi connectivity index (χ0v) is 26.3. The first-order chi connectivity index (χ1) is 23.8. The van der Waals surface area contributed by atoms with Gasteiger partial charge in [0.15, 0.2) is 0 Å². The fourth-order valence-corrected chi connectivity index (χ4v) is 7.82. The Kier molecular flexibility index (Phi) is 5.98. The van der Waals surface area contributed by atoms with Crippen LogP contribution in [0.1, 0.15) is 0 Å². The zero-order valence-electron chi connectivity index (χ0n) is 26.3. The Morgan fingerprint density at radius 2 is 0.646 bits per heavy atom. The van der Waals surface area contributed by atoms with Crippen molar-refractivity contribution in [2.75, 3.05) is 0 Å². The molecular formula is C48H30. The zero-order chi connectivity index (χ0) is 31.6. The van der Waals surface area contributed by atoms with Crippen molar-refractivity contribution in [1.82, 2.24) is 0 Å². The minimum Gasteiger partial charge on any atom is -0.0616 e. The number of hydrogen-bond donors (Lipinski definition) is 0. The van der Waals surface area contributed by atoms with E-state index in [4.69, 9.17) is 0 Å². The van der Waals surface area contributed by atoms with Gasteiger partial charge in [-0.05, 0) is 104 Å². The molecule has 0 fully saturated rings. The van der Waals surface area contributed by atoms with E-state index in [0.717, 1.165) is 0 Å². The summed E-state index contributed by atoms with van der Waals surface area (Å²) in [6.45, 7) is 0. The molecule has 48 heavy (non-hydrogen) atoms. The lowest BCUT2D eigenvalue weighted by molar-refractivity contribution is 1.58. The Hall–Kier alpha value is -6.24. The molecule has 0 bridgehead atoms. The third-order valence-corrected chi connectivity index (χ3v) is 10.2. The van der Waals surface area contributed by atoms with Gasteiger partial charge < -0.3 is 0 Å². The molecule has 0 radical (unpaired) electrons. The molecule has 0 unspecified atom stereocenters. The van der Waals surface area contributed by atoms with Crippen LogP contribution in [-0.4, -0.2) is 0 Å². The van der Waals surface area contributed by atoms with Gasteiger partial charge in [0, 0.05) is 0 Å². The molecule has 10 aromatic rings. The predicted molar refractivity (Wildman–Crippen MR) is 207 cm³/mol. The lowest BCUT2D eigenvalue weighted by Gasteiger charge is -2.14. The summed E-state index contributed by atoms with van der Waals surface area (Å²) in [4.78, 5) is 0. The molecule has 0 saturated carbocycles. The Morgan fingerprint density at radius 3 is 1.27 bits per heavy atom. The summed E-state index contributed by atoms with van der Waals surface area (Å²) < 4.78 is 0. The first-order valence-electron chi connectivity index (χ1n) is 16.7. The summed E-state index contributed by atoms with van der Waals surface area (Å²) >= 11 is 0. The topological polar surface area (TPSA) is 0 Å². The van der Waals surface area contributed by atoms with Gasteiger partial charge in [0.05, 0.1) is 0 Å². The first-order valence-corrected chi connectivity index (χ1v) is 16.7. The van der Waals surface area contributed by atoms with E-state index in [-0.39, 0.29) is 0 Å². The van der Waals surface area contributed by atoms with Gasteiger partial charge in [-0.2, -0.15) is 0 Å². The molecule has 0 aliphatic rings. The van der Waals surface area contributed by atoms with Gasteiger partial charge >= 0.3 is 0 Å². The van der Waals surface area contributed by atoms with E-state index in [1.165, 1.54) is 98.4 Å². The average molecular weight is 607 g/mol. The highest BCUT2D eigenvalue weighted by Crippen LogP contribution is 2.40. The van der Waals surface area contributed by atoms with Gasteiger partial charge in [0.2, 0.25) is 0 Å². The first kappa shape index (κ1) is 26.9. The van der Waals surface area contributed by atoms with Crippen LogP contribution in [0.4, 0.5) is 0 Å². The van der Waals surface area contributed by atoms with Crippen molar-refractivity contribution in [1.29, 1.82) is 0 Å². The van der Waals surface area contributed by atoms with Crippen molar-refractivity contribution in [2.24, 2.45) is 0 Å². The van der Waals surface area contributed by atoms with Crippen LogP contribution in [0.15, 0.2) is 182 Å². The van der Waals surface area contributed by atoms with Crippen LogP contribution in [0.2, 0.25) is 0 Å². The standard InChI is InChI=1S/C48H30/c1-2-9-41-40(6-1)30-46(44-11-4-3-10-43(41)44)36-22-18-34(19-23-36)32-14-12-31(13-15-32)33-16-20-35(21-17-33)42-28-26-39-25-24-37-7-5-8-38-27-29-45(42)48(39)47(37)38/h1-30H. The summed E-state index contributed by atoms with van der Waals surface area (Å²) in [5, 5.41) is 13.1. The van der Waals surface area contributed by atoms with Gasteiger partial charge in [-0.1, -0.05) is 176 Å². The third-order valence-electron chi connectivity index (χ3n) is 10.2. The van der Waals surface area contributed by atoms with Crippen molar-refractivity contribution >= 4 is 53.9 Å². The molecule has 0 N–H and O–H groups in total. The molecule has 10 rings (SSSR count). The minimum atomic E-state index is 1.22. The van der Waals surface area contributed by atoms with Crippen LogP contribution >= 0.6 is 0 Å². The van der Waals surface area contributed by atoms with Crippen LogP contribution in [-0.2, 0) is 0 Å². The summed E-state index contributed by atoms with van der Waals surface area (Å²) in [5.41, 5.74) is 9.93. The van der Waals surface area contributed by atoms with Crippen molar-refractivity contribution < 1.29 is 0 Å². The molecule has 0 amide bonds. The average Bonchev–Trinajstić information content (AvgIpc) is 3.17.